The fourth-order valence-corrected chi connectivity index (χ4v) is 5.23. The first-order chi connectivity index (χ1) is 14.9. The van der Waals surface area contributed by atoms with Gasteiger partial charge in [0.2, 0.25) is 5.91 Å². The number of nitrogens with two attached hydrogens (primary N) is 2. The molecule has 0 saturated heterocycles. The van der Waals surface area contributed by atoms with Gasteiger partial charge in [0, 0.05) is 46.7 Å². The summed E-state index contributed by atoms with van der Waals surface area (Å²) in [5.41, 5.74) is 15.4. The molecule has 1 amide bonds. The predicted octanol–water partition coefficient (Wildman–Crippen LogP) is 4.42. The molecule has 1 aliphatic rings. The standard InChI is InChI=1S/C24H29Br2N3O2/c25-16-3-5-19-20-6-4-17(26)15-22(20)24(21(19)14-16,9-7-18(30)2-1-11-27)10-8-23(31)29-13-12-28/h3-6,14-15H,1-2,7-13,27-28H2,(H,29,31). The number of hydrogen-bond acceptors (Lipinski definition) is 4. The Morgan fingerprint density at radius 1 is 0.839 bits per heavy atom. The van der Waals surface area contributed by atoms with Gasteiger partial charge in [-0.1, -0.05) is 44.0 Å². The summed E-state index contributed by atoms with van der Waals surface area (Å²) in [6.07, 6.45) is 3.32. The molecule has 5 nitrogen and oxygen atoms in total. The van der Waals surface area contributed by atoms with Gasteiger partial charge in [-0.05, 0) is 72.3 Å². The second kappa shape index (κ2) is 10.9. The molecule has 0 unspecified atom stereocenters. The lowest BCUT2D eigenvalue weighted by atomic mass is 9.71. The molecule has 0 atom stereocenters. The van der Waals surface area contributed by atoms with Crippen LogP contribution in [0.25, 0.3) is 11.1 Å². The summed E-state index contributed by atoms with van der Waals surface area (Å²) in [4.78, 5) is 25.0. The Bertz CT molecular complexity index is 884. The molecule has 3 rings (SSSR count). The highest BCUT2D eigenvalue weighted by Gasteiger charge is 2.43. The summed E-state index contributed by atoms with van der Waals surface area (Å²) >= 11 is 7.24. The van der Waals surface area contributed by atoms with Gasteiger partial charge >= 0.3 is 0 Å². The smallest absolute Gasteiger partial charge is 0.220 e. The van der Waals surface area contributed by atoms with Crippen molar-refractivity contribution < 1.29 is 9.59 Å². The van der Waals surface area contributed by atoms with Gasteiger partial charge < -0.3 is 16.8 Å². The van der Waals surface area contributed by atoms with Gasteiger partial charge in [-0.3, -0.25) is 9.59 Å². The van der Waals surface area contributed by atoms with E-state index in [0.717, 1.165) is 8.95 Å². The van der Waals surface area contributed by atoms with Crippen molar-refractivity contribution in [3.8, 4) is 11.1 Å². The van der Waals surface area contributed by atoms with E-state index in [1.54, 1.807) is 0 Å². The Balaban J connectivity index is 2.01. The first-order valence-electron chi connectivity index (χ1n) is 10.7. The van der Waals surface area contributed by atoms with Gasteiger partial charge in [0.25, 0.3) is 0 Å². The summed E-state index contributed by atoms with van der Waals surface area (Å²) in [6.45, 7) is 1.40. The monoisotopic (exact) mass is 549 g/mol. The molecule has 0 bridgehead atoms. The fourth-order valence-electron chi connectivity index (χ4n) is 4.51. The van der Waals surface area contributed by atoms with E-state index < -0.39 is 5.41 Å². The Labute approximate surface area is 200 Å². The quantitative estimate of drug-likeness (QED) is 0.385. The second-order valence-corrected chi connectivity index (χ2v) is 9.86. The van der Waals surface area contributed by atoms with Crippen molar-refractivity contribution >= 4 is 43.6 Å². The Morgan fingerprint density at radius 2 is 1.42 bits per heavy atom. The fraction of sp³-hybridized carbons (Fsp3) is 0.417. The van der Waals surface area contributed by atoms with E-state index in [9.17, 15) is 9.59 Å². The average Bonchev–Trinajstić information content (AvgIpc) is 3.02. The van der Waals surface area contributed by atoms with Crippen LogP contribution in [0.2, 0.25) is 0 Å². The van der Waals surface area contributed by atoms with Crippen LogP contribution >= 0.6 is 31.9 Å². The zero-order chi connectivity index (χ0) is 22.4. The number of benzene rings is 2. The maximum Gasteiger partial charge on any atom is 0.220 e. The number of carbonyl (C=O) groups excluding carboxylic acids is 2. The summed E-state index contributed by atoms with van der Waals surface area (Å²) in [5, 5.41) is 2.87. The van der Waals surface area contributed by atoms with Gasteiger partial charge in [-0.25, -0.2) is 0 Å². The van der Waals surface area contributed by atoms with Gasteiger partial charge in [0.15, 0.2) is 0 Å². The first-order valence-corrected chi connectivity index (χ1v) is 12.3. The maximum absolute atomic E-state index is 12.6. The zero-order valence-corrected chi connectivity index (χ0v) is 20.7. The van der Waals surface area contributed by atoms with Crippen LogP contribution in [0.3, 0.4) is 0 Å². The first kappa shape index (κ1) is 24.1. The van der Waals surface area contributed by atoms with Crippen molar-refractivity contribution in [3.05, 3.63) is 56.5 Å². The molecule has 0 radical (unpaired) electrons. The third kappa shape index (κ3) is 5.45. The lowest BCUT2D eigenvalue weighted by Gasteiger charge is -2.32. The number of nitrogens with one attached hydrogen (secondary N) is 1. The number of ketones is 1. The van der Waals surface area contributed by atoms with E-state index in [1.165, 1.54) is 22.3 Å². The number of halogens is 2. The average molecular weight is 551 g/mol. The van der Waals surface area contributed by atoms with Crippen LogP contribution in [0, 0.1) is 0 Å². The lowest BCUT2D eigenvalue weighted by Crippen LogP contribution is -2.32. The van der Waals surface area contributed by atoms with Crippen molar-refractivity contribution in [2.24, 2.45) is 11.5 Å². The van der Waals surface area contributed by atoms with Crippen molar-refractivity contribution in [1.29, 1.82) is 0 Å². The van der Waals surface area contributed by atoms with Crippen molar-refractivity contribution in [2.45, 2.75) is 43.9 Å². The maximum atomic E-state index is 12.6. The normalized spacial score (nSPS) is 13.5. The van der Waals surface area contributed by atoms with Crippen LogP contribution < -0.4 is 16.8 Å². The molecule has 31 heavy (non-hydrogen) atoms. The van der Waals surface area contributed by atoms with Gasteiger partial charge in [-0.2, -0.15) is 0 Å². The highest BCUT2D eigenvalue weighted by molar-refractivity contribution is 9.10. The highest BCUT2D eigenvalue weighted by atomic mass is 79.9. The molecule has 5 N–H and O–H groups in total. The topological polar surface area (TPSA) is 98.2 Å². The second-order valence-electron chi connectivity index (χ2n) is 8.03. The van der Waals surface area contributed by atoms with Crippen LogP contribution in [-0.4, -0.2) is 31.3 Å². The molecular weight excluding hydrogens is 522 g/mol. The molecule has 0 saturated carbocycles. The van der Waals surface area contributed by atoms with E-state index in [4.69, 9.17) is 11.5 Å². The van der Waals surface area contributed by atoms with Crippen LogP contribution in [0.1, 0.15) is 49.7 Å². The van der Waals surface area contributed by atoms with E-state index in [1.807, 2.05) is 12.1 Å². The molecule has 0 spiro atoms. The highest BCUT2D eigenvalue weighted by Crippen LogP contribution is 2.54. The summed E-state index contributed by atoms with van der Waals surface area (Å²) in [6, 6.07) is 12.6. The van der Waals surface area contributed by atoms with Crippen molar-refractivity contribution in [1.82, 2.24) is 5.32 Å². The predicted molar refractivity (Wildman–Crippen MR) is 132 cm³/mol. The molecule has 0 heterocycles. The number of Topliss-reactive ketones (excluding diaryl/α,β-unsaturated/α-hetero) is 1. The number of hydrogen-bond donors (Lipinski definition) is 3. The van der Waals surface area contributed by atoms with Crippen LogP contribution in [0.15, 0.2) is 45.3 Å². The summed E-state index contributed by atoms with van der Waals surface area (Å²) < 4.78 is 1.98. The lowest BCUT2D eigenvalue weighted by molar-refractivity contribution is -0.121. The molecule has 7 heteroatoms. The van der Waals surface area contributed by atoms with Crippen LogP contribution in [0.5, 0.6) is 0 Å². The molecule has 1 aliphatic carbocycles. The van der Waals surface area contributed by atoms with E-state index in [0.29, 0.717) is 58.2 Å². The molecule has 0 aliphatic heterocycles. The molecule has 0 fully saturated rings. The largest absolute Gasteiger partial charge is 0.355 e. The molecule has 2 aromatic carbocycles. The van der Waals surface area contributed by atoms with E-state index in [-0.39, 0.29) is 11.7 Å². The Hall–Kier alpha value is -1.54. The van der Waals surface area contributed by atoms with Gasteiger partial charge in [0.05, 0.1) is 0 Å². The van der Waals surface area contributed by atoms with Crippen molar-refractivity contribution in [3.63, 3.8) is 0 Å². The summed E-state index contributed by atoms with van der Waals surface area (Å²) in [5.74, 6) is 0.205. The van der Waals surface area contributed by atoms with Gasteiger partial charge in [0.1, 0.15) is 5.78 Å². The van der Waals surface area contributed by atoms with Crippen LogP contribution in [-0.2, 0) is 15.0 Å². The number of amides is 1. The number of carbonyl (C=O) groups is 2. The molecular formula is C24H29Br2N3O2. The minimum atomic E-state index is -0.406. The zero-order valence-electron chi connectivity index (χ0n) is 17.6. The SMILES string of the molecule is NCCCC(=O)CCC1(CCC(=O)NCCN)c2cc(Br)ccc2-c2ccc(Br)cc21. The molecule has 2 aromatic rings. The Kier molecular flexibility index (Phi) is 8.44. The number of rotatable bonds is 11. The minimum absolute atomic E-state index is 0.0146. The number of fused-ring (bicyclic) bond motifs is 3. The van der Waals surface area contributed by atoms with Crippen LogP contribution in [0.4, 0.5) is 0 Å². The summed E-state index contributed by atoms with van der Waals surface area (Å²) in [7, 11) is 0. The van der Waals surface area contributed by atoms with E-state index >= 15 is 0 Å². The third-order valence-corrected chi connectivity index (χ3v) is 7.01. The van der Waals surface area contributed by atoms with E-state index in [2.05, 4.69) is 61.4 Å². The minimum Gasteiger partial charge on any atom is -0.355 e. The Morgan fingerprint density at radius 3 is 1.97 bits per heavy atom. The molecule has 166 valence electrons. The third-order valence-electron chi connectivity index (χ3n) is 6.02. The van der Waals surface area contributed by atoms with Crippen molar-refractivity contribution in [2.75, 3.05) is 19.6 Å². The molecule has 0 aromatic heterocycles. The van der Waals surface area contributed by atoms with Gasteiger partial charge in [-0.15, -0.1) is 0 Å².